The first-order valence-electron chi connectivity index (χ1n) is 3.64. The molecule has 11 heavy (non-hydrogen) atoms. The van der Waals surface area contributed by atoms with Crippen molar-refractivity contribution in [3.63, 3.8) is 0 Å². The Bertz CT molecular complexity index is 226. The first kappa shape index (κ1) is 7.85. The number of nitrogens with zero attached hydrogens (tertiary/aromatic N) is 1. The SMILES string of the molecule is CC/N=C(\NC)c1ccco1. The van der Waals surface area contributed by atoms with E-state index < -0.39 is 0 Å². The van der Waals surface area contributed by atoms with Gasteiger partial charge in [0.15, 0.2) is 11.6 Å². The Morgan fingerprint density at radius 1 is 1.73 bits per heavy atom. The van der Waals surface area contributed by atoms with Crippen LogP contribution in [0.1, 0.15) is 12.7 Å². The van der Waals surface area contributed by atoms with E-state index in [0.29, 0.717) is 0 Å². The van der Waals surface area contributed by atoms with Crippen molar-refractivity contribution < 1.29 is 4.42 Å². The molecule has 1 rings (SSSR count). The Labute approximate surface area is 66.1 Å². The van der Waals surface area contributed by atoms with Crippen molar-refractivity contribution >= 4 is 5.84 Å². The third-order valence-electron chi connectivity index (χ3n) is 1.31. The summed E-state index contributed by atoms with van der Waals surface area (Å²) in [5, 5.41) is 2.96. The van der Waals surface area contributed by atoms with Gasteiger partial charge >= 0.3 is 0 Å². The van der Waals surface area contributed by atoms with Crippen molar-refractivity contribution in [1.29, 1.82) is 0 Å². The molecule has 60 valence electrons. The topological polar surface area (TPSA) is 37.5 Å². The molecule has 0 aromatic carbocycles. The number of furan rings is 1. The summed E-state index contributed by atoms with van der Waals surface area (Å²) < 4.78 is 5.15. The van der Waals surface area contributed by atoms with E-state index in [0.717, 1.165) is 18.1 Å². The average molecular weight is 152 g/mol. The van der Waals surface area contributed by atoms with E-state index >= 15 is 0 Å². The molecule has 0 saturated carbocycles. The second-order valence-electron chi connectivity index (χ2n) is 2.05. The maximum atomic E-state index is 5.15. The summed E-state index contributed by atoms with van der Waals surface area (Å²) in [5.41, 5.74) is 0. The van der Waals surface area contributed by atoms with Gasteiger partial charge in [-0.2, -0.15) is 0 Å². The summed E-state index contributed by atoms with van der Waals surface area (Å²) in [6.07, 6.45) is 1.64. The van der Waals surface area contributed by atoms with Gasteiger partial charge in [-0.1, -0.05) is 0 Å². The van der Waals surface area contributed by atoms with Crippen LogP contribution in [-0.4, -0.2) is 19.4 Å². The molecular weight excluding hydrogens is 140 g/mol. The normalized spacial score (nSPS) is 11.6. The molecule has 0 saturated heterocycles. The van der Waals surface area contributed by atoms with Crippen LogP contribution in [0.3, 0.4) is 0 Å². The van der Waals surface area contributed by atoms with Crippen LogP contribution in [0.25, 0.3) is 0 Å². The lowest BCUT2D eigenvalue weighted by Gasteiger charge is -1.99. The molecule has 3 heteroatoms. The molecule has 1 N–H and O–H groups in total. The van der Waals surface area contributed by atoms with Gasteiger partial charge in [-0.25, -0.2) is 0 Å². The van der Waals surface area contributed by atoms with E-state index in [4.69, 9.17) is 4.42 Å². The highest BCUT2D eigenvalue weighted by Gasteiger charge is 2.00. The van der Waals surface area contributed by atoms with Crippen LogP contribution in [-0.2, 0) is 0 Å². The minimum Gasteiger partial charge on any atom is -0.461 e. The van der Waals surface area contributed by atoms with E-state index in [2.05, 4.69) is 10.3 Å². The Morgan fingerprint density at radius 2 is 2.55 bits per heavy atom. The molecule has 0 radical (unpaired) electrons. The molecule has 0 fully saturated rings. The van der Waals surface area contributed by atoms with Gasteiger partial charge in [0.2, 0.25) is 0 Å². The molecule has 0 aliphatic carbocycles. The maximum Gasteiger partial charge on any atom is 0.168 e. The molecular formula is C8H12N2O. The van der Waals surface area contributed by atoms with Crippen molar-refractivity contribution in [3.8, 4) is 0 Å². The highest BCUT2D eigenvalue weighted by Crippen LogP contribution is 1.99. The zero-order valence-corrected chi connectivity index (χ0v) is 6.79. The zero-order valence-electron chi connectivity index (χ0n) is 6.79. The maximum absolute atomic E-state index is 5.15. The molecule has 1 aromatic heterocycles. The summed E-state index contributed by atoms with van der Waals surface area (Å²) in [4.78, 5) is 4.20. The molecule has 1 heterocycles. The fourth-order valence-electron chi connectivity index (χ4n) is 0.852. The lowest BCUT2D eigenvalue weighted by atomic mass is 10.4. The third kappa shape index (κ3) is 1.83. The summed E-state index contributed by atoms with van der Waals surface area (Å²) in [6, 6.07) is 3.73. The minimum atomic E-state index is 0.761. The number of amidine groups is 1. The van der Waals surface area contributed by atoms with Gasteiger partial charge in [0, 0.05) is 13.6 Å². The lowest BCUT2D eigenvalue weighted by molar-refractivity contribution is 0.554. The average Bonchev–Trinajstić information content (AvgIpc) is 2.52. The van der Waals surface area contributed by atoms with Crippen molar-refractivity contribution in [2.45, 2.75) is 6.92 Å². The highest BCUT2D eigenvalue weighted by molar-refractivity contribution is 5.95. The molecule has 0 aliphatic heterocycles. The van der Waals surface area contributed by atoms with Gasteiger partial charge in [0.25, 0.3) is 0 Å². The fraction of sp³-hybridized carbons (Fsp3) is 0.375. The summed E-state index contributed by atoms with van der Waals surface area (Å²) in [6.45, 7) is 2.75. The lowest BCUT2D eigenvalue weighted by Crippen LogP contribution is -2.19. The third-order valence-corrected chi connectivity index (χ3v) is 1.31. The van der Waals surface area contributed by atoms with Crippen LogP contribution in [0.2, 0.25) is 0 Å². The fourth-order valence-corrected chi connectivity index (χ4v) is 0.852. The number of aliphatic imine (C=N–C) groups is 1. The quantitative estimate of drug-likeness (QED) is 0.511. The van der Waals surface area contributed by atoms with Gasteiger partial charge < -0.3 is 9.73 Å². The monoisotopic (exact) mass is 152 g/mol. The van der Waals surface area contributed by atoms with Gasteiger partial charge in [-0.05, 0) is 19.1 Å². The second kappa shape index (κ2) is 3.81. The number of nitrogens with one attached hydrogen (secondary N) is 1. The van der Waals surface area contributed by atoms with E-state index in [1.807, 2.05) is 26.1 Å². The summed E-state index contributed by atoms with van der Waals surface area (Å²) in [7, 11) is 1.83. The van der Waals surface area contributed by atoms with Gasteiger partial charge in [0.05, 0.1) is 6.26 Å². The van der Waals surface area contributed by atoms with Crippen molar-refractivity contribution in [1.82, 2.24) is 5.32 Å². The van der Waals surface area contributed by atoms with Crippen LogP contribution in [0, 0.1) is 0 Å². The molecule has 0 aliphatic rings. The first-order valence-corrected chi connectivity index (χ1v) is 3.64. The predicted molar refractivity (Wildman–Crippen MR) is 44.8 cm³/mol. The van der Waals surface area contributed by atoms with Crippen LogP contribution in [0.15, 0.2) is 27.8 Å². The molecule has 0 bridgehead atoms. The Morgan fingerprint density at radius 3 is 3.00 bits per heavy atom. The standard InChI is InChI=1S/C8H12N2O/c1-3-10-8(9-2)7-5-4-6-11-7/h4-6H,3H2,1-2H3,(H,9,10). The Kier molecular flexibility index (Phi) is 2.72. The van der Waals surface area contributed by atoms with Crippen LogP contribution >= 0.6 is 0 Å². The van der Waals surface area contributed by atoms with E-state index in [-0.39, 0.29) is 0 Å². The minimum absolute atomic E-state index is 0.761. The van der Waals surface area contributed by atoms with Crippen molar-refractivity contribution in [2.75, 3.05) is 13.6 Å². The smallest absolute Gasteiger partial charge is 0.168 e. The molecule has 3 nitrogen and oxygen atoms in total. The molecule has 1 aromatic rings. The van der Waals surface area contributed by atoms with Crippen molar-refractivity contribution in [2.24, 2.45) is 4.99 Å². The molecule has 0 spiro atoms. The van der Waals surface area contributed by atoms with Gasteiger partial charge in [-0.3, -0.25) is 4.99 Å². The number of hydrogen-bond acceptors (Lipinski definition) is 2. The largest absolute Gasteiger partial charge is 0.461 e. The van der Waals surface area contributed by atoms with Crippen LogP contribution in [0.5, 0.6) is 0 Å². The molecule has 0 unspecified atom stereocenters. The van der Waals surface area contributed by atoms with Crippen molar-refractivity contribution in [3.05, 3.63) is 24.2 Å². The number of hydrogen-bond donors (Lipinski definition) is 1. The molecule has 0 amide bonds. The predicted octanol–water partition coefficient (Wildman–Crippen LogP) is 1.27. The first-order chi connectivity index (χ1) is 5.38. The summed E-state index contributed by atoms with van der Waals surface area (Å²) >= 11 is 0. The highest BCUT2D eigenvalue weighted by atomic mass is 16.3. The molecule has 0 atom stereocenters. The van der Waals surface area contributed by atoms with Crippen LogP contribution in [0.4, 0.5) is 0 Å². The van der Waals surface area contributed by atoms with E-state index in [1.54, 1.807) is 6.26 Å². The van der Waals surface area contributed by atoms with Crippen LogP contribution < -0.4 is 5.32 Å². The van der Waals surface area contributed by atoms with E-state index in [1.165, 1.54) is 0 Å². The number of rotatable bonds is 2. The van der Waals surface area contributed by atoms with Gasteiger partial charge in [0.1, 0.15) is 0 Å². The summed E-state index contributed by atoms with van der Waals surface area (Å²) in [5.74, 6) is 1.59. The van der Waals surface area contributed by atoms with Gasteiger partial charge in [-0.15, -0.1) is 0 Å². The Balaban J connectivity index is 2.79. The Hall–Kier alpha value is -1.25. The van der Waals surface area contributed by atoms with E-state index in [9.17, 15) is 0 Å². The zero-order chi connectivity index (χ0) is 8.10. The second-order valence-corrected chi connectivity index (χ2v) is 2.05.